The highest BCUT2D eigenvalue weighted by Gasteiger charge is 2.38. The van der Waals surface area contributed by atoms with Gasteiger partial charge in [0.1, 0.15) is 17.1 Å². The summed E-state index contributed by atoms with van der Waals surface area (Å²) in [6.07, 6.45) is -3.95. The second kappa shape index (κ2) is 9.12. The predicted molar refractivity (Wildman–Crippen MR) is 119 cm³/mol. The lowest BCUT2D eigenvalue weighted by Crippen LogP contribution is -2.24. The summed E-state index contributed by atoms with van der Waals surface area (Å²) < 4.78 is 85.6. The largest absolute Gasteiger partial charge is 0.461 e. The molecule has 3 aromatic rings. The molecule has 11 heteroatoms. The summed E-state index contributed by atoms with van der Waals surface area (Å²) in [5.41, 5.74) is -3.67. The van der Waals surface area contributed by atoms with Crippen LogP contribution in [0, 0.1) is 19.7 Å². The van der Waals surface area contributed by atoms with E-state index in [0.717, 1.165) is 24.8 Å². The molecule has 1 aromatic heterocycles. The van der Waals surface area contributed by atoms with Gasteiger partial charge in [-0.05, 0) is 63.1 Å². The molecule has 0 aliphatic heterocycles. The van der Waals surface area contributed by atoms with Gasteiger partial charge in [0.15, 0.2) is 0 Å². The van der Waals surface area contributed by atoms with Crippen molar-refractivity contribution in [2.75, 3.05) is 6.61 Å². The van der Waals surface area contributed by atoms with E-state index in [0.29, 0.717) is 16.1 Å². The molecule has 0 aliphatic rings. The Balaban J connectivity index is 2.24. The molecule has 0 amide bonds. The molecule has 6 nitrogen and oxygen atoms in total. The minimum atomic E-state index is -4.94. The van der Waals surface area contributed by atoms with Crippen molar-refractivity contribution in [1.82, 2.24) is 3.97 Å². The summed E-state index contributed by atoms with van der Waals surface area (Å²) in [5.74, 6) is -2.59. The molecule has 0 bridgehead atoms. The van der Waals surface area contributed by atoms with Crippen molar-refractivity contribution in [3.05, 3.63) is 88.0 Å². The maximum atomic E-state index is 14.2. The standard InChI is InChI=1S/C24H23F4NO5S/c1-5-34-22(30)21-15(3)19(13-29(21)35(32,33)17-9-6-14(2)7-10-17)23(4,31)16-8-11-18(20(25)12-16)24(26,27)28/h6-13,31H,5H2,1-4H3. The monoisotopic (exact) mass is 513 g/mol. The minimum Gasteiger partial charge on any atom is -0.461 e. The van der Waals surface area contributed by atoms with E-state index in [-0.39, 0.29) is 28.2 Å². The van der Waals surface area contributed by atoms with Gasteiger partial charge in [-0.25, -0.2) is 21.6 Å². The second-order valence-corrected chi connectivity index (χ2v) is 9.93. The Morgan fingerprint density at radius 2 is 1.66 bits per heavy atom. The van der Waals surface area contributed by atoms with Gasteiger partial charge in [-0.15, -0.1) is 0 Å². The lowest BCUT2D eigenvalue weighted by atomic mass is 9.86. The second-order valence-electron chi connectivity index (χ2n) is 8.12. The number of carbonyl (C=O) groups excluding carboxylic acids is 1. The number of hydrogen-bond donors (Lipinski definition) is 1. The highest BCUT2D eigenvalue weighted by molar-refractivity contribution is 7.90. The first-order chi connectivity index (χ1) is 16.1. The van der Waals surface area contributed by atoms with Gasteiger partial charge in [-0.1, -0.05) is 23.8 Å². The lowest BCUT2D eigenvalue weighted by Gasteiger charge is -2.25. The van der Waals surface area contributed by atoms with Crippen LogP contribution in [-0.2, 0) is 26.5 Å². The predicted octanol–water partition coefficient (Wildman–Crippen LogP) is 4.93. The average Bonchev–Trinajstić information content (AvgIpc) is 3.12. The number of carbonyl (C=O) groups is 1. The number of aliphatic hydroxyl groups is 1. The summed E-state index contributed by atoms with van der Waals surface area (Å²) in [6.45, 7) is 5.74. The maximum absolute atomic E-state index is 14.2. The zero-order valence-corrected chi connectivity index (χ0v) is 20.1. The molecule has 2 aromatic carbocycles. The number of ether oxygens (including phenoxy) is 1. The number of alkyl halides is 3. The van der Waals surface area contributed by atoms with Gasteiger partial charge in [0, 0.05) is 11.8 Å². The first kappa shape index (κ1) is 26.4. The molecule has 1 atom stereocenters. The maximum Gasteiger partial charge on any atom is 0.419 e. The van der Waals surface area contributed by atoms with E-state index in [1.807, 2.05) is 0 Å². The number of esters is 1. The van der Waals surface area contributed by atoms with Gasteiger partial charge in [-0.3, -0.25) is 0 Å². The molecule has 0 radical (unpaired) electrons. The minimum absolute atomic E-state index is 0.00411. The van der Waals surface area contributed by atoms with Crippen molar-refractivity contribution in [2.24, 2.45) is 0 Å². The summed E-state index contributed by atoms with van der Waals surface area (Å²) in [4.78, 5) is 12.6. The van der Waals surface area contributed by atoms with Crippen molar-refractivity contribution in [3.63, 3.8) is 0 Å². The first-order valence-electron chi connectivity index (χ1n) is 10.4. The average molecular weight is 514 g/mol. The van der Waals surface area contributed by atoms with Crippen molar-refractivity contribution in [1.29, 1.82) is 0 Å². The molecule has 0 saturated heterocycles. The van der Waals surface area contributed by atoms with Gasteiger partial charge >= 0.3 is 12.1 Å². The van der Waals surface area contributed by atoms with E-state index in [2.05, 4.69) is 0 Å². The number of nitrogens with zero attached hydrogens (tertiary/aromatic N) is 1. The summed E-state index contributed by atoms with van der Waals surface area (Å²) >= 11 is 0. The van der Waals surface area contributed by atoms with Crippen LogP contribution >= 0.6 is 0 Å². The third kappa shape index (κ3) is 4.83. The van der Waals surface area contributed by atoms with Crippen molar-refractivity contribution < 1.29 is 40.6 Å². The van der Waals surface area contributed by atoms with E-state index < -0.39 is 44.8 Å². The van der Waals surface area contributed by atoms with Crippen LogP contribution in [0.2, 0.25) is 0 Å². The number of halogens is 4. The number of aryl methyl sites for hydroxylation is 1. The third-order valence-corrected chi connectivity index (χ3v) is 7.31. The van der Waals surface area contributed by atoms with E-state index >= 15 is 0 Å². The number of hydrogen-bond acceptors (Lipinski definition) is 5. The molecule has 35 heavy (non-hydrogen) atoms. The fourth-order valence-corrected chi connectivity index (χ4v) is 5.12. The fraction of sp³-hybridized carbons (Fsp3) is 0.292. The Bertz CT molecular complexity index is 1370. The van der Waals surface area contributed by atoms with E-state index in [9.17, 15) is 35.9 Å². The highest BCUT2D eigenvalue weighted by atomic mass is 32.2. The number of aromatic nitrogens is 1. The zero-order chi connectivity index (χ0) is 26.3. The van der Waals surface area contributed by atoms with Gasteiger partial charge in [0.2, 0.25) is 0 Å². The summed E-state index contributed by atoms with van der Waals surface area (Å²) in [5, 5.41) is 11.3. The van der Waals surface area contributed by atoms with Crippen LogP contribution in [0.25, 0.3) is 0 Å². The molecule has 1 N–H and O–H groups in total. The quantitative estimate of drug-likeness (QED) is 0.373. The Morgan fingerprint density at radius 3 is 2.17 bits per heavy atom. The van der Waals surface area contributed by atoms with Crippen LogP contribution < -0.4 is 0 Å². The van der Waals surface area contributed by atoms with Gasteiger partial charge in [0.25, 0.3) is 10.0 Å². The molecule has 0 saturated carbocycles. The van der Waals surface area contributed by atoms with Crippen molar-refractivity contribution in [3.8, 4) is 0 Å². The SMILES string of the molecule is CCOC(=O)c1c(C)c(C(C)(O)c2ccc(C(F)(F)F)c(F)c2)cn1S(=O)(=O)c1ccc(C)cc1. The molecular formula is C24H23F4NO5S. The highest BCUT2D eigenvalue weighted by Crippen LogP contribution is 2.38. The fourth-order valence-electron chi connectivity index (χ4n) is 3.72. The molecule has 0 fully saturated rings. The van der Waals surface area contributed by atoms with Crippen LogP contribution in [0.3, 0.4) is 0 Å². The molecule has 0 spiro atoms. The third-order valence-electron chi connectivity index (χ3n) is 5.63. The van der Waals surface area contributed by atoms with Crippen LogP contribution in [0.5, 0.6) is 0 Å². The van der Waals surface area contributed by atoms with E-state index in [1.54, 1.807) is 19.1 Å². The Morgan fingerprint density at radius 1 is 1.06 bits per heavy atom. The Kier molecular flexibility index (Phi) is 6.89. The van der Waals surface area contributed by atoms with Crippen molar-refractivity contribution >= 4 is 16.0 Å². The molecule has 1 heterocycles. The first-order valence-corrected chi connectivity index (χ1v) is 11.9. The molecular weight excluding hydrogens is 490 g/mol. The summed E-state index contributed by atoms with van der Waals surface area (Å²) in [7, 11) is -4.35. The molecule has 0 aliphatic carbocycles. The van der Waals surface area contributed by atoms with Crippen LogP contribution in [0.15, 0.2) is 53.6 Å². The Hall–Kier alpha value is -3.18. The van der Waals surface area contributed by atoms with Crippen molar-refractivity contribution in [2.45, 2.75) is 44.4 Å². The molecule has 1 unspecified atom stereocenters. The molecule has 3 rings (SSSR count). The van der Waals surface area contributed by atoms with Gasteiger partial charge < -0.3 is 9.84 Å². The summed E-state index contributed by atoms with van der Waals surface area (Å²) in [6, 6.07) is 7.72. The number of benzene rings is 2. The Labute approximate surface area is 199 Å². The van der Waals surface area contributed by atoms with E-state index in [1.165, 1.54) is 26.0 Å². The van der Waals surface area contributed by atoms with Crippen LogP contribution in [0.4, 0.5) is 17.6 Å². The zero-order valence-electron chi connectivity index (χ0n) is 19.3. The van der Waals surface area contributed by atoms with Crippen LogP contribution in [-0.4, -0.2) is 30.1 Å². The smallest absolute Gasteiger partial charge is 0.419 e. The lowest BCUT2D eigenvalue weighted by molar-refractivity contribution is -0.140. The number of rotatable bonds is 6. The topological polar surface area (TPSA) is 85.6 Å². The molecule has 188 valence electrons. The van der Waals surface area contributed by atoms with Gasteiger partial charge in [-0.2, -0.15) is 13.2 Å². The van der Waals surface area contributed by atoms with Crippen LogP contribution in [0.1, 0.15) is 52.2 Å². The normalized spacial score (nSPS) is 14.0. The van der Waals surface area contributed by atoms with Gasteiger partial charge in [0.05, 0.1) is 17.1 Å². The van der Waals surface area contributed by atoms with E-state index in [4.69, 9.17) is 4.74 Å².